The van der Waals surface area contributed by atoms with Gasteiger partial charge in [0.05, 0.1) is 11.8 Å². The summed E-state index contributed by atoms with van der Waals surface area (Å²) in [5.74, 6) is -0.802. The van der Waals surface area contributed by atoms with Crippen molar-refractivity contribution in [2.24, 2.45) is 0 Å². The summed E-state index contributed by atoms with van der Waals surface area (Å²) in [6.45, 7) is 3.28. The first-order chi connectivity index (χ1) is 13.8. The number of hydrogen-bond donors (Lipinski definition) is 1. The van der Waals surface area contributed by atoms with Gasteiger partial charge in [0.15, 0.2) is 5.69 Å². The second kappa shape index (κ2) is 8.73. The number of hydrogen-bond acceptors (Lipinski definition) is 3. The monoisotopic (exact) mass is 419 g/mol. The van der Waals surface area contributed by atoms with Crippen LogP contribution in [0, 0.1) is 0 Å². The van der Waals surface area contributed by atoms with Crippen LogP contribution in [0.15, 0.2) is 70.6 Å². The number of alkyl halides is 3. The predicted octanol–water partition coefficient (Wildman–Crippen LogP) is 5.56. The molecule has 2 aromatic carbocycles. The first-order valence-electron chi connectivity index (χ1n) is 9.01. The van der Waals surface area contributed by atoms with Gasteiger partial charge in [0.25, 0.3) is 5.91 Å². The number of halogens is 3. The molecule has 4 nitrogen and oxygen atoms in total. The molecule has 152 valence electrons. The van der Waals surface area contributed by atoms with E-state index in [-0.39, 0.29) is 6.54 Å². The molecule has 0 radical (unpaired) electrons. The van der Waals surface area contributed by atoms with Gasteiger partial charge in [-0.25, -0.2) is 0 Å². The van der Waals surface area contributed by atoms with Crippen molar-refractivity contribution in [2.45, 2.75) is 42.4 Å². The maximum absolute atomic E-state index is 13.5. The third kappa shape index (κ3) is 5.00. The van der Waals surface area contributed by atoms with Gasteiger partial charge < -0.3 is 5.32 Å². The Labute approximate surface area is 171 Å². The molecule has 0 fully saturated rings. The number of rotatable bonds is 6. The molecule has 0 saturated heterocycles. The molecular weight excluding hydrogens is 399 g/mol. The Bertz CT molecular complexity index is 984. The van der Waals surface area contributed by atoms with E-state index in [9.17, 15) is 18.0 Å². The lowest BCUT2D eigenvalue weighted by Crippen LogP contribution is -2.27. The van der Waals surface area contributed by atoms with Crippen LogP contribution in [-0.2, 0) is 12.7 Å². The van der Waals surface area contributed by atoms with E-state index < -0.39 is 29.4 Å². The first-order valence-corrected chi connectivity index (χ1v) is 9.82. The second-order valence-corrected chi connectivity index (χ2v) is 7.76. The van der Waals surface area contributed by atoms with Crippen LogP contribution >= 0.6 is 11.8 Å². The second-order valence-electron chi connectivity index (χ2n) is 6.65. The van der Waals surface area contributed by atoms with Gasteiger partial charge in [-0.1, -0.05) is 48.2 Å². The van der Waals surface area contributed by atoms with Crippen LogP contribution in [0.5, 0.6) is 0 Å². The van der Waals surface area contributed by atoms with Crippen molar-refractivity contribution in [1.82, 2.24) is 15.1 Å². The van der Waals surface area contributed by atoms with Gasteiger partial charge in [-0.05, 0) is 37.6 Å². The summed E-state index contributed by atoms with van der Waals surface area (Å²) in [6.07, 6.45) is -3.70. The van der Waals surface area contributed by atoms with Crippen molar-refractivity contribution < 1.29 is 18.0 Å². The van der Waals surface area contributed by atoms with Crippen LogP contribution in [0.3, 0.4) is 0 Å². The number of aromatic nitrogens is 2. The zero-order chi connectivity index (χ0) is 21.0. The molecule has 29 heavy (non-hydrogen) atoms. The Morgan fingerprint density at radius 1 is 1.10 bits per heavy atom. The van der Waals surface area contributed by atoms with Crippen LogP contribution in [0.4, 0.5) is 13.2 Å². The van der Waals surface area contributed by atoms with Gasteiger partial charge in [0.1, 0.15) is 0 Å². The van der Waals surface area contributed by atoms with Gasteiger partial charge in [-0.15, -0.1) is 0 Å². The van der Waals surface area contributed by atoms with Gasteiger partial charge in [-0.3, -0.25) is 9.48 Å². The van der Waals surface area contributed by atoms with Gasteiger partial charge in [-0.2, -0.15) is 18.3 Å². The molecule has 0 atom stereocenters. The summed E-state index contributed by atoms with van der Waals surface area (Å²) in [4.78, 5) is 14.5. The Balaban J connectivity index is 1.79. The highest BCUT2D eigenvalue weighted by molar-refractivity contribution is 7.99. The standard InChI is InChI=1S/C21H20F3N3OS/c1-14(2)27-19(21(22,23)24)17(13-26-27)20(28)25-12-15-8-6-7-11-18(15)29-16-9-4-3-5-10-16/h3-11,13-14H,12H2,1-2H3,(H,25,28). The number of nitrogens with one attached hydrogen (secondary N) is 1. The van der Waals surface area contributed by atoms with Crippen LogP contribution in [0.2, 0.25) is 0 Å². The quantitative estimate of drug-likeness (QED) is 0.569. The molecule has 0 saturated carbocycles. The van der Waals surface area contributed by atoms with Crippen LogP contribution in [-0.4, -0.2) is 15.7 Å². The highest BCUT2D eigenvalue weighted by Gasteiger charge is 2.40. The van der Waals surface area contributed by atoms with E-state index in [4.69, 9.17) is 0 Å². The zero-order valence-corrected chi connectivity index (χ0v) is 16.7. The summed E-state index contributed by atoms with van der Waals surface area (Å²) in [7, 11) is 0. The molecule has 1 N–H and O–H groups in total. The van der Waals surface area contributed by atoms with Crippen molar-refractivity contribution in [1.29, 1.82) is 0 Å². The fraction of sp³-hybridized carbons (Fsp3) is 0.238. The molecule has 0 aliphatic carbocycles. The Morgan fingerprint density at radius 2 is 1.76 bits per heavy atom. The number of nitrogens with zero attached hydrogens (tertiary/aromatic N) is 2. The largest absolute Gasteiger partial charge is 0.433 e. The normalized spacial score (nSPS) is 11.7. The van der Waals surface area contributed by atoms with E-state index in [1.165, 1.54) is 11.8 Å². The van der Waals surface area contributed by atoms with Crippen molar-refractivity contribution in [3.8, 4) is 0 Å². The van der Waals surface area contributed by atoms with Crippen LogP contribution in [0.1, 0.15) is 41.5 Å². The van der Waals surface area contributed by atoms with E-state index in [1.54, 1.807) is 13.8 Å². The van der Waals surface area contributed by atoms with Gasteiger partial charge in [0, 0.05) is 22.4 Å². The smallest absolute Gasteiger partial charge is 0.348 e. The molecular formula is C21H20F3N3OS. The molecule has 1 aromatic heterocycles. The molecule has 0 aliphatic heterocycles. The number of carbonyl (C=O) groups is 1. The average molecular weight is 419 g/mol. The number of amides is 1. The number of benzene rings is 2. The van der Waals surface area contributed by atoms with Crippen molar-refractivity contribution >= 4 is 17.7 Å². The highest BCUT2D eigenvalue weighted by Crippen LogP contribution is 2.34. The predicted molar refractivity (Wildman–Crippen MR) is 106 cm³/mol. The van der Waals surface area contributed by atoms with Crippen molar-refractivity contribution in [3.63, 3.8) is 0 Å². The fourth-order valence-electron chi connectivity index (χ4n) is 2.84. The van der Waals surface area contributed by atoms with Crippen LogP contribution < -0.4 is 5.32 Å². The summed E-state index contributed by atoms with van der Waals surface area (Å²) in [5, 5.41) is 6.36. The highest BCUT2D eigenvalue weighted by atomic mass is 32.2. The fourth-order valence-corrected chi connectivity index (χ4v) is 3.80. The molecule has 8 heteroatoms. The molecule has 1 amide bonds. The van der Waals surface area contributed by atoms with E-state index in [0.29, 0.717) is 0 Å². The number of carbonyl (C=O) groups excluding carboxylic acids is 1. The molecule has 1 heterocycles. The van der Waals surface area contributed by atoms with Crippen LogP contribution in [0.25, 0.3) is 0 Å². The van der Waals surface area contributed by atoms with Crippen molar-refractivity contribution in [2.75, 3.05) is 0 Å². The van der Waals surface area contributed by atoms with E-state index in [1.807, 2.05) is 54.6 Å². The average Bonchev–Trinajstić information content (AvgIpc) is 3.14. The van der Waals surface area contributed by atoms with Crippen molar-refractivity contribution in [3.05, 3.63) is 77.6 Å². The molecule has 0 bridgehead atoms. The topological polar surface area (TPSA) is 46.9 Å². The zero-order valence-electron chi connectivity index (χ0n) is 15.9. The lowest BCUT2D eigenvalue weighted by atomic mass is 10.2. The Morgan fingerprint density at radius 3 is 2.41 bits per heavy atom. The maximum Gasteiger partial charge on any atom is 0.433 e. The Hall–Kier alpha value is -2.74. The summed E-state index contributed by atoms with van der Waals surface area (Å²) < 4.78 is 41.3. The minimum atomic E-state index is -4.67. The summed E-state index contributed by atoms with van der Waals surface area (Å²) in [5.41, 5.74) is -0.684. The molecule has 0 unspecified atom stereocenters. The first kappa shape index (κ1) is 21.0. The van der Waals surface area contributed by atoms with E-state index >= 15 is 0 Å². The minimum Gasteiger partial charge on any atom is -0.348 e. The third-order valence-corrected chi connectivity index (χ3v) is 5.31. The van der Waals surface area contributed by atoms with E-state index in [0.717, 1.165) is 26.2 Å². The lowest BCUT2D eigenvalue weighted by molar-refractivity contribution is -0.145. The Kier molecular flexibility index (Phi) is 6.32. The summed E-state index contributed by atoms with van der Waals surface area (Å²) >= 11 is 1.53. The minimum absolute atomic E-state index is 0.110. The molecule has 0 aliphatic rings. The SMILES string of the molecule is CC(C)n1ncc(C(=O)NCc2ccccc2Sc2ccccc2)c1C(F)(F)F. The van der Waals surface area contributed by atoms with E-state index in [2.05, 4.69) is 10.4 Å². The molecule has 0 spiro atoms. The third-order valence-electron chi connectivity index (χ3n) is 4.18. The maximum atomic E-state index is 13.5. The van der Waals surface area contributed by atoms with Gasteiger partial charge >= 0.3 is 6.18 Å². The van der Waals surface area contributed by atoms with Gasteiger partial charge in [0.2, 0.25) is 0 Å². The molecule has 3 rings (SSSR count). The lowest BCUT2D eigenvalue weighted by Gasteiger charge is -2.15. The summed E-state index contributed by atoms with van der Waals surface area (Å²) in [6, 6.07) is 16.7. The molecule has 3 aromatic rings.